The largest absolute Gasteiger partial charge is 1.00 e. The monoisotopic (exact) mass is 188 g/mol. The van der Waals surface area contributed by atoms with Crippen LogP contribution >= 0.6 is 0 Å². The molecule has 0 heterocycles. The summed E-state index contributed by atoms with van der Waals surface area (Å²) in [6.07, 6.45) is 6.96. The maximum Gasteiger partial charge on any atom is 1.00 e. The van der Waals surface area contributed by atoms with Crippen LogP contribution in [0.15, 0.2) is 24.8 Å². The van der Waals surface area contributed by atoms with Crippen LogP contribution in [0.5, 0.6) is 0 Å². The molecule has 0 nitrogen and oxygen atoms in total. The van der Waals surface area contributed by atoms with Gasteiger partial charge in [-0.25, -0.2) is 0 Å². The molecular weight excluding hydrogens is 163 g/mol. The minimum atomic E-state index is 0. The standard InChI is InChI=1S/C13H24.Li.H/c1-6-7-8-13(12(4)5)10-9-11(2)3;;/h6,11,13H,1,4,7-10H2,2-3,5H3;;/q;+1;-1. The molecule has 14 heavy (non-hydrogen) atoms. The molecule has 0 aromatic rings. The molecule has 0 aromatic heterocycles. The first-order valence-corrected chi connectivity index (χ1v) is 5.34. The zero-order chi connectivity index (χ0) is 10.3. The Balaban J connectivity index is -0.000000720. The van der Waals surface area contributed by atoms with E-state index >= 15 is 0 Å². The quantitative estimate of drug-likeness (QED) is 0.421. The van der Waals surface area contributed by atoms with E-state index in [1.807, 2.05) is 6.08 Å². The van der Waals surface area contributed by atoms with E-state index in [4.69, 9.17) is 0 Å². The van der Waals surface area contributed by atoms with Crippen LogP contribution in [0.2, 0.25) is 0 Å². The van der Waals surface area contributed by atoms with Crippen molar-refractivity contribution in [2.24, 2.45) is 11.8 Å². The number of rotatable bonds is 7. The van der Waals surface area contributed by atoms with Crippen molar-refractivity contribution < 1.29 is 20.3 Å². The van der Waals surface area contributed by atoms with Crippen molar-refractivity contribution in [1.82, 2.24) is 0 Å². The minimum Gasteiger partial charge on any atom is -1.00 e. The normalized spacial score (nSPS) is 12.0. The molecule has 0 bridgehead atoms. The Kier molecular flexibility index (Phi) is 11.3. The predicted molar refractivity (Wildman–Crippen MR) is 62.9 cm³/mol. The van der Waals surface area contributed by atoms with Crippen molar-refractivity contribution in [3.8, 4) is 0 Å². The third kappa shape index (κ3) is 8.67. The molecule has 0 radical (unpaired) electrons. The molecule has 78 valence electrons. The summed E-state index contributed by atoms with van der Waals surface area (Å²) < 4.78 is 0. The molecule has 0 spiro atoms. The fourth-order valence-corrected chi connectivity index (χ4v) is 1.49. The van der Waals surface area contributed by atoms with Crippen molar-refractivity contribution in [2.75, 3.05) is 0 Å². The summed E-state index contributed by atoms with van der Waals surface area (Å²) in [7, 11) is 0. The van der Waals surface area contributed by atoms with Gasteiger partial charge in [0.15, 0.2) is 0 Å². The number of allylic oxidation sites excluding steroid dienone is 2. The Labute approximate surface area is 104 Å². The van der Waals surface area contributed by atoms with Gasteiger partial charge < -0.3 is 1.43 Å². The summed E-state index contributed by atoms with van der Waals surface area (Å²) >= 11 is 0. The fraction of sp³-hybridized carbons (Fsp3) is 0.692. The van der Waals surface area contributed by atoms with Gasteiger partial charge in [-0.2, -0.15) is 0 Å². The van der Waals surface area contributed by atoms with Gasteiger partial charge in [-0.05, 0) is 38.0 Å². The smallest absolute Gasteiger partial charge is 1.00 e. The summed E-state index contributed by atoms with van der Waals surface area (Å²) in [6.45, 7) is 14.5. The third-order valence-corrected chi connectivity index (χ3v) is 2.51. The van der Waals surface area contributed by atoms with E-state index in [1.165, 1.54) is 24.8 Å². The average Bonchev–Trinajstić information content (AvgIpc) is 2.03. The first-order chi connectivity index (χ1) is 6.07. The SMILES string of the molecule is C=CCCC(CCC(C)C)C(=C)C.[H-].[Li+]. The van der Waals surface area contributed by atoms with Crippen molar-refractivity contribution in [2.45, 2.75) is 46.5 Å². The Morgan fingerprint density at radius 2 is 1.86 bits per heavy atom. The van der Waals surface area contributed by atoms with Gasteiger partial charge in [-0.15, -0.1) is 6.58 Å². The third-order valence-electron chi connectivity index (χ3n) is 2.51. The molecule has 0 aromatic carbocycles. The van der Waals surface area contributed by atoms with Crippen LogP contribution in [0.1, 0.15) is 47.9 Å². The zero-order valence-electron chi connectivity index (χ0n) is 11.5. The maximum atomic E-state index is 4.05. The van der Waals surface area contributed by atoms with Crippen LogP contribution in [0, 0.1) is 11.8 Å². The minimum absolute atomic E-state index is 0. The average molecular weight is 188 g/mol. The van der Waals surface area contributed by atoms with Gasteiger partial charge in [0.2, 0.25) is 0 Å². The summed E-state index contributed by atoms with van der Waals surface area (Å²) in [5.41, 5.74) is 1.34. The predicted octanol–water partition coefficient (Wildman–Crippen LogP) is 1.70. The van der Waals surface area contributed by atoms with Crippen molar-refractivity contribution in [3.63, 3.8) is 0 Å². The zero-order valence-corrected chi connectivity index (χ0v) is 10.5. The summed E-state index contributed by atoms with van der Waals surface area (Å²) in [4.78, 5) is 0. The topological polar surface area (TPSA) is 0 Å². The van der Waals surface area contributed by atoms with Gasteiger partial charge >= 0.3 is 18.9 Å². The molecule has 0 aliphatic rings. The second-order valence-corrected chi connectivity index (χ2v) is 4.38. The van der Waals surface area contributed by atoms with Gasteiger partial charge in [0.1, 0.15) is 0 Å². The molecule has 1 heteroatoms. The summed E-state index contributed by atoms with van der Waals surface area (Å²) in [5, 5.41) is 0. The van der Waals surface area contributed by atoms with E-state index in [0.717, 1.165) is 12.3 Å². The van der Waals surface area contributed by atoms with Gasteiger partial charge in [0.05, 0.1) is 0 Å². The van der Waals surface area contributed by atoms with Crippen molar-refractivity contribution >= 4 is 0 Å². The number of hydrogen-bond acceptors (Lipinski definition) is 0. The Bertz CT molecular complexity index is 164. The van der Waals surface area contributed by atoms with E-state index in [9.17, 15) is 0 Å². The van der Waals surface area contributed by atoms with Crippen LogP contribution in [0.3, 0.4) is 0 Å². The molecule has 0 saturated carbocycles. The second kappa shape index (κ2) is 9.63. The van der Waals surface area contributed by atoms with E-state index in [1.54, 1.807) is 0 Å². The summed E-state index contributed by atoms with van der Waals surface area (Å²) in [6, 6.07) is 0. The van der Waals surface area contributed by atoms with Gasteiger partial charge in [-0.3, -0.25) is 0 Å². The van der Waals surface area contributed by atoms with Crippen molar-refractivity contribution in [1.29, 1.82) is 0 Å². The Morgan fingerprint density at radius 3 is 2.21 bits per heavy atom. The van der Waals surface area contributed by atoms with Crippen LogP contribution < -0.4 is 18.9 Å². The van der Waals surface area contributed by atoms with Crippen LogP contribution in [0.25, 0.3) is 0 Å². The van der Waals surface area contributed by atoms with Crippen LogP contribution in [0.4, 0.5) is 0 Å². The molecule has 0 aliphatic carbocycles. The van der Waals surface area contributed by atoms with Gasteiger partial charge in [0.25, 0.3) is 0 Å². The van der Waals surface area contributed by atoms with Crippen molar-refractivity contribution in [3.05, 3.63) is 24.8 Å². The molecule has 0 rings (SSSR count). The molecule has 0 saturated heterocycles. The van der Waals surface area contributed by atoms with E-state index < -0.39 is 0 Å². The molecule has 0 fully saturated rings. The van der Waals surface area contributed by atoms with Crippen LogP contribution in [-0.4, -0.2) is 0 Å². The maximum absolute atomic E-state index is 4.05. The van der Waals surface area contributed by atoms with Gasteiger partial charge in [0, 0.05) is 0 Å². The van der Waals surface area contributed by atoms with Gasteiger partial charge in [-0.1, -0.05) is 38.5 Å². The van der Waals surface area contributed by atoms with E-state index in [-0.39, 0.29) is 20.3 Å². The number of hydrogen-bond donors (Lipinski definition) is 0. The fourth-order valence-electron chi connectivity index (χ4n) is 1.49. The second-order valence-electron chi connectivity index (χ2n) is 4.38. The molecule has 0 aliphatic heterocycles. The molecular formula is C13H25Li. The van der Waals surface area contributed by atoms with Crippen LogP contribution in [-0.2, 0) is 0 Å². The molecule has 0 amide bonds. The van der Waals surface area contributed by atoms with E-state index in [2.05, 4.69) is 33.9 Å². The first kappa shape index (κ1) is 16.5. The Hall–Kier alpha value is 0.0774. The molecule has 1 atom stereocenters. The molecule has 0 N–H and O–H groups in total. The molecule has 1 unspecified atom stereocenters. The summed E-state index contributed by atoms with van der Waals surface area (Å²) in [5.74, 6) is 1.52. The van der Waals surface area contributed by atoms with E-state index in [0.29, 0.717) is 5.92 Å². The first-order valence-electron chi connectivity index (χ1n) is 5.34. The Morgan fingerprint density at radius 1 is 1.29 bits per heavy atom.